The number of anilines is 2. The molecule has 112 valence electrons. The summed E-state index contributed by atoms with van der Waals surface area (Å²) < 4.78 is 1.59. The summed E-state index contributed by atoms with van der Waals surface area (Å²) in [6.07, 6.45) is 7.88. The zero-order chi connectivity index (χ0) is 15.1. The van der Waals surface area contributed by atoms with Crippen LogP contribution in [0.2, 0.25) is 0 Å². The third-order valence-corrected chi connectivity index (χ3v) is 5.30. The maximum absolute atomic E-state index is 12.7. The van der Waals surface area contributed by atoms with Crippen molar-refractivity contribution in [2.75, 3.05) is 5.32 Å². The number of thiophene rings is 1. The van der Waals surface area contributed by atoms with Crippen LogP contribution in [0.3, 0.4) is 0 Å². The summed E-state index contributed by atoms with van der Waals surface area (Å²) in [5, 5.41) is 4.00. The van der Waals surface area contributed by atoms with Gasteiger partial charge in [0.15, 0.2) is 0 Å². The molecule has 1 aliphatic rings. The Kier molecular flexibility index (Phi) is 3.18. The van der Waals surface area contributed by atoms with Crippen LogP contribution in [0.1, 0.15) is 23.3 Å². The molecule has 0 bridgehead atoms. The molecule has 3 heterocycles. The standard InChI is InChI=1S/C16H16N4OS/c1-20-15(21)13-11-6-2-3-7-12(11)22-14(13)19-16(20)18-10-5-4-8-17-9-10/h4-5,8-9H,2-3,6-7H2,1H3,(H,18,19). The van der Waals surface area contributed by atoms with Gasteiger partial charge in [0, 0.05) is 18.1 Å². The summed E-state index contributed by atoms with van der Waals surface area (Å²) in [5.41, 5.74) is 2.09. The summed E-state index contributed by atoms with van der Waals surface area (Å²) in [5.74, 6) is 0.559. The summed E-state index contributed by atoms with van der Waals surface area (Å²) in [7, 11) is 1.76. The zero-order valence-corrected chi connectivity index (χ0v) is 13.1. The molecule has 0 amide bonds. The van der Waals surface area contributed by atoms with Crippen LogP contribution in [0, 0.1) is 0 Å². The monoisotopic (exact) mass is 312 g/mol. The van der Waals surface area contributed by atoms with Crippen molar-refractivity contribution in [3.05, 3.63) is 45.3 Å². The molecular weight excluding hydrogens is 296 g/mol. The van der Waals surface area contributed by atoms with Crippen molar-refractivity contribution < 1.29 is 0 Å². The minimum atomic E-state index is 0.0378. The van der Waals surface area contributed by atoms with Crippen molar-refractivity contribution in [2.24, 2.45) is 7.05 Å². The number of aryl methyl sites for hydroxylation is 2. The van der Waals surface area contributed by atoms with E-state index in [2.05, 4.69) is 15.3 Å². The molecule has 4 rings (SSSR count). The van der Waals surface area contributed by atoms with Gasteiger partial charge in [-0.25, -0.2) is 4.98 Å². The van der Waals surface area contributed by atoms with Crippen molar-refractivity contribution in [1.29, 1.82) is 0 Å². The second-order valence-electron chi connectivity index (χ2n) is 5.56. The highest BCUT2D eigenvalue weighted by atomic mass is 32.1. The molecule has 0 fully saturated rings. The van der Waals surface area contributed by atoms with E-state index in [0.717, 1.165) is 35.2 Å². The fourth-order valence-electron chi connectivity index (χ4n) is 2.96. The van der Waals surface area contributed by atoms with Crippen molar-refractivity contribution in [3.8, 4) is 0 Å². The van der Waals surface area contributed by atoms with E-state index in [4.69, 9.17) is 0 Å². The van der Waals surface area contributed by atoms with E-state index in [0.29, 0.717) is 5.95 Å². The molecule has 0 spiro atoms. The van der Waals surface area contributed by atoms with Crippen LogP contribution in [-0.2, 0) is 19.9 Å². The van der Waals surface area contributed by atoms with E-state index in [1.807, 2.05) is 12.1 Å². The smallest absolute Gasteiger partial charge is 0.263 e. The number of rotatable bonds is 2. The van der Waals surface area contributed by atoms with Crippen molar-refractivity contribution >= 4 is 33.2 Å². The molecule has 1 N–H and O–H groups in total. The third-order valence-electron chi connectivity index (χ3n) is 4.11. The summed E-state index contributed by atoms with van der Waals surface area (Å²) in [6, 6.07) is 3.76. The van der Waals surface area contributed by atoms with Crippen molar-refractivity contribution in [2.45, 2.75) is 25.7 Å². The Bertz CT molecular complexity index is 898. The SMILES string of the molecule is Cn1c(Nc2cccnc2)nc2sc3c(c2c1=O)CCCC3. The van der Waals surface area contributed by atoms with Gasteiger partial charge in [0.05, 0.1) is 17.3 Å². The first-order chi connectivity index (χ1) is 10.7. The molecule has 3 aromatic rings. The second kappa shape index (κ2) is 5.21. The molecule has 0 atom stereocenters. The molecular formula is C16H16N4OS. The van der Waals surface area contributed by atoms with E-state index in [-0.39, 0.29) is 5.56 Å². The van der Waals surface area contributed by atoms with Gasteiger partial charge in [-0.1, -0.05) is 0 Å². The quantitative estimate of drug-likeness (QED) is 0.790. The first-order valence-corrected chi connectivity index (χ1v) is 8.24. The Hall–Kier alpha value is -2.21. The molecule has 5 nitrogen and oxygen atoms in total. The highest BCUT2D eigenvalue weighted by Gasteiger charge is 2.21. The van der Waals surface area contributed by atoms with Gasteiger partial charge in [-0.2, -0.15) is 0 Å². The van der Waals surface area contributed by atoms with Gasteiger partial charge in [-0.15, -0.1) is 11.3 Å². The molecule has 0 saturated heterocycles. The lowest BCUT2D eigenvalue weighted by molar-refractivity contribution is 0.699. The molecule has 6 heteroatoms. The Morgan fingerprint density at radius 3 is 3.00 bits per heavy atom. The topological polar surface area (TPSA) is 59.8 Å². The van der Waals surface area contributed by atoms with E-state index >= 15 is 0 Å². The number of nitrogens with one attached hydrogen (secondary N) is 1. The van der Waals surface area contributed by atoms with Gasteiger partial charge in [0.1, 0.15) is 4.83 Å². The third kappa shape index (κ3) is 2.11. The highest BCUT2D eigenvalue weighted by Crippen LogP contribution is 2.34. The lowest BCUT2D eigenvalue weighted by atomic mass is 9.97. The van der Waals surface area contributed by atoms with Crippen molar-refractivity contribution in [3.63, 3.8) is 0 Å². The van der Waals surface area contributed by atoms with Crippen LogP contribution < -0.4 is 10.9 Å². The predicted molar refractivity (Wildman–Crippen MR) is 89.0 cm³/mol. The van der Waals surface area contributed by atoms with Crippen LogP contribution in [-0.4, -0.2) is 14.5 Å². The molecule has 0 aromatic carbocycles. The number of fused-ring (bicyclic) bond motifs is 3. The molecule has 1 aliphatic carbocycles. The van der Waals surface area contributed by atoms with Crippen molar-refractivity contribution in [1.82, 2.24) is 14.5 Å². The first-order valence-electron chi connectivity index (χ1n) is 7.42. The Morgan fingerprint density at radius 1 is 1.32 bits per heavy atom. The van der Waals surface area contributed by atoms with Crippen LogP contribution in [0.4, 0.5) is 11.6 Å². The van der Waals surface area contributed by atoms with Gasteiger partial charge >= 0.3 is 0 Å². The first kappa shape index (κ1) is 13.5. The maximum Gasteiger partial charge on any atom is 0.263 e. The lowest BCUT2D eigenvalue weighted by Crippen LogP contribution is -2.21. The van der Waals surface area contributed by atoms with E-state index in [1.54, 1.807) is 35.3 Å². The van der Waals surface area contributed by atoms with E-state index in [9.17, 15) is 4.79 Å². The Balaban J connectivity index is 1.87. The summed E-state index contributed by atoms with van der Waals surface area (Å²) in [6.45, 7) is 0. The average Bonchev–Trinajstić information content (AvgIpc) is 2.91. The minimum Gasteiger partial charge on any atom is -0.324 e. The fraction of sp³-hybridized carbons (Fsp3) is 0.312. The fourth-order valence-corrected chi connectivity index (χ4v) is 4.22. The molecule has 0 radical (unpaired) electrons. The van der Waals surface area contributed by atoms with Gasteiger partial charge in [-0.3, -0.25) is 14.3 Å². The number of pyridine rings is 1. The van der Waals surface area contributed by atoms with Gasteiger partial charge in [0.2, 0.25) is 5.95 Å². The van der Waals surface area contributed by atoms with Crippen LogP contribution in [0.15, 0.2) is 29.3 Å². The van der Waals surface area contributed by atoms with Gasteiger partial charge in [0.25, 0.3) is 5.56 Å². The summed E-state index contributed by atoms with van der Waals surface area (Å²) in [4.78, 5) is 23.7. The van der Waals surface area contributed by atoms with Crippen LogP contribution >= 0.6 is 11.3 Å². The molecule has 22 heavy (non-hydrogen) atoms. The normalized spacial score (nSPS) is 14.0. The molecule has 0 aliphatic heterocycles. The number of hydrogen-bond acceptors (Lipinski definition) is 5. The lowest BCUT2D eigenvalue weighted by Gasteiger charge is -2.11. The van der Waals surface area contributed by atoms with Crippen LogP contribution in [0.25, 0.3) is 10.2 Å². The number of nitrogens with zero attached hydrogens (tertiary/aromatic N) is 3. The number of aromatic nitrogens is 3. The highest BCUT2D eigenvalue weighted by molar-refractivity contribution is 7.18. The Labute approximate surface area is 131 Å². The summed E-state index contributed by atoms with van der Waals surface area (Å²) >= 11 is 1.67. The predicted octanol–water partition coefficient (Wildman–Crippen LogP) is 3.01. The van der Waals surface area contributed by atoms with Crippen LogP contribution in [0.5, 0.6) is 0 Å². The molecule has 0 saturated carbocycles. The molecule has 0 unspecified atom stereocenters. The maximum atomic E-state index is 12.7. The van der Waals surface area contributed by atoms with Gasteiger partial charge in [-0.05, 0) is 43.4 Å². The Morgan fingerprint density at radius 2 is 2.18 bits per heavy atom. The van der Waals surface area contributed by atoms with Gasteiger partial charge < -0.3 is 5.32 Å². The average molecular weight is 312 g/mol. The van der Waals surface area contributed by atoms with E-state index in [1.165, 1.54) is 16.9 Å². The minimum absolute atomic E-state index is 0.0378. The zero-order valence-electron chi connectivity index (χ0n) is 12.3. The molecule has 3 aromatic heterocycles. The second-order valence-corrected chi connectivity index (χ2v) is 6.64. The largest absolute Gasteiger partial charge is 0.324 e. The van der Waals surface area contributed by atoms with E-state index < -0.39 is 0 Å². The number of hydrogen-bond donors (Lipinski definition) is 1.